The summed E-state index contributed by atoms with van der Waals surface area (Å²) in [6.45, 7) is 8.12. The molecule has 1 amide bonds. The third-order valence-electron chi connectivity index (χ3n) is 7.32. The second-order valence-corrected chi connectivity index (χ2v) is 10.1. The van der Waals surface area contributed by atoms with Crippen LogP contribution in [0.15, 0.2) is 78.4 Å². The number of rotatable bonds is 8. The number of aliphatic hydroxyl groups excluding tert-OH is 1. The largest absolute Gasteiger partial charge is 0.507 e. The molecule has 7 nitrogen and oxygen atoms in total. The number of hydrogen-bond donors (Lipinski definition) is 1. The van der Waals surface area contributed by atoms with Crippen LogP contribution in [0.2, 0.25) is 0 Å². The van der Waals surface area contributed by atoms with Gasteiger partial charge >= 0.3 is 0 Å². The van der Waals surface area contributed by atoms with Crippen molar-refractivity contribution in [1.29, 1.82) is 0 Å². The molecule has 3 aromatic rings. The fourth-order valence-electron chi connectivity index (χ4n) is 5.26. The Hall–Kier alpha value is -3.94. The number of carbonyl (C=O) groups excluding carboxylic acids is 2. The summed E-state index contributed by atoms with van der Waals surface area (Å²) < 4.78 is 11.5. The summed E-state index contributed by atoms with van der Waals surface area (Å²) in [4.78, 5) is 30.8. The Kier molecular flexibility index (Phi) is 8.10. The van der Waals surface area contributed by atoms with E-state index in [4.69, 9.17) is 9.47 Å². The third kappa shape index (κ3) is 5.90. The zero-order valence-electron chi connectivity index (χ0n) is 22.4. The van der Waals surface area contributed by atoms with Gasteiger partial charge in [0.05, 0.1) is 24.8 Å². The predicted molar refractivity (Wildman–Crippen MR) is 150 cm³/mol. The van der Waals surface area contributed by atoms with E-state index in [9.17, 15) is 14.7 Å². The van der Waals surface area contributed by atoms with Crippen LogP contribution in [0, 0.1) is 13.8 Å². The Bertz CT molecular complexity index is 1380. The van der Waals surface area contributed by atoms with Crippen molar-refractivity contribution >= 4 is 17.4 Å². The monoisotopic (exact) mass is 526 g/mol. The van der Waals surface area contributed by atoms with Gasteiger partial charge in [0.2, 0.25) is 0 Å². The van der Waals surface area contributed by atoms with E-state index in [1.165, 1.54) is 0 Å². The molecule has 2 fully saturated rings. The lowest BCUT2D eigenvalue weighted by molar-refractivity contribution is -0.140. The number of carbonyl (C=O) groups is 2. The molecule has 2 aliphatic rings. The molecule has 2 heterocycles. The molecular weight excluding hydrogens is 492 g/mol. The number of likely N-dealkylation sites (tertiary alicyclic amines) is 1. The third-order valence-corrected chi connectivity index (χ3v) is 7.32. The van der Waals surface area contributed by atoms with Crippen LogP contribution < -0.4 is 4.74 Å². The summed E-state index contributed by atoms with van der Waals surface area (Å²) in [7, 11) is 0. The van der Waals surface area contributed by atoms with Gasteiger partial charge in [0.1, 0.15) is 17.3 Å². The Morgan fingerprint density at radius 3 is 2.44 bits per heavy atom. The topological polar surface area (TPSA) is 79.3 Å². The van der Waals surface area contributed by atoms with Gasteiger partial charge in [-0.1, -0.05) is 48.0 Å². The molecular formula is C32H34N2O5. The lowest BCUT2D eigenvalue weighted by Crippen LogP contribution is -2.38. The summed E-state index contributed by atoms with van der Waals surface area (Å²) in [5, 5.41) is 11.5. The lowest BCUT2D eigenvalue weighted by atomic mass is 9.93. The average molecular weight is 527 g/mol. The summed E-state index contributed by atoms with van der Waals surface area (Å²) in [5.41, 5.74) is 3.16. The standard InChI is InChI=1S/C32H34N2O5/c1-22-12-13-23(2)27(20-22)30(35)28-29(24-8-6-11-26(21-24)39-25-9-4-3-5-10-25)34(32(37)31(28)36)15-7-14-33-16-18-38-19-17-33/h3-6,8-13,20-21,29,35H,7,14-19H2,1-2H3/b30-28+. The van der Waals surface area contributed by atoms with Gasteiger partial charge in [-0.2, -0.15) is 0 Å². The maximum absolute atomic E-state index is 13.5. The van der Waals surface area contributed by atoms with Gasteiger partial charge in [-0.05, 0) is 61.7 Å². The highest BCUT2D eigenvalue weighted by molar-refractivity contribution is 6.46. The van der Waals surface area contributed by atoms with Gasteiger partial charge in [-0.15, -0.1) is 0 Å². The Labute approximate surface area is 229 Å². The quantitative estimate of drug-likeness (QED) is 0.246. The Morgan fingerprint density at radius 1 is 0.923 bits per heavy atom. The molecule has 0 radical (unpaired) electrons. The van der Waals surface area contributed by atoms with E-state index in [0.29, 0.717) is 48.8 Å². The number of aliphatic hydroxyl groups is 1. The second kappa shape index (κ2) is 11.8. The van der Waals surface area contributed by atoms with Gasteiger partial charge in [-0.25, -0.2) is 0 Å². The van der Waals surface area contributed by atoms with Gasteiger partial charge in [0, 0.05) is 31.7 Å². The number of ketones is 1. The predicted octanol–water partition coefficient (Wildman–Crippen LogP) is 5.24. The van der Waals surface area contributed by atoms with Crippen molar-refractivity contribution in [2.24, 2.45) is 0 Å². The summed E-state index contributed by atoms with van der Waals surface area (Å²) in [6.07, 6.45) is 0.702. The van der Waals surface area contributed by atoms with Crippen molar-refractivity contribution in [3.05, 3.63) is 101 Å². The second-order valence-electron chi connectivity index (χ2n) is 10.1. The maximum Gasteiger partial charge on any atom is 0.295 e. The van der Waals surface area contributed by atoms with Gasteiger partial charge in [0.15, 0.2) is 0 Å². The maximum atomic E-state index is 13.5. The van der Waals surface area contributed by atoms with Gasteiger partial charge in [-0.3, -0.25) is 14.5 Å². The molecule has 3 aromatic carbocycles. The molecule has 0 saturated carbocycles. The first-order valence-corrected chi connectivity index (χ1v) is 13.4. The van der Waals surface area contributed by atoms with E-state index in [-0.39, 0.29) is 11.3 Å². The van der Waals surface area contributed by atoms with Crippen LogP contribution in [0.25, 0.3) is 5.76 Å². The molecule has 7 heteroatoms. The number of amides is 1. The van der Waals surface area contributed by atoms with E-state index in [1.54, 1.807) is 4.90 Å². The SMILES string of the molecule is Cc1ccc(C)c(/C(O)=C2\C(=O)C(=O)N(CCCN3CCOCC3)C2c2cccc(Oc3ccccc3)c2)c1. The van der Waals surface area contributed by atoms with Crippen LogP contribution in [-0.2, 0) is 14.3 Å². The van der Waals surface area contributed by atoms with E-state index in [2.05, 4.69) is 4.90 Å². The van der Waals surface area contributed by atoms with Gasteiger partial charge in [0.25, 0.3) is 11.7 Å². The van der Waals surface area contributed by atoms with Crippen LogP contribution in [0.4, 0.5) is 0 Å². The fraction of sp³-hybridized carbons (Fsp3) is 0.312. The number of para-hydroxylation sites is 1. The molecule has 2 saturated heterocycles. The summed E-state index contributed by atoms with van der Waals surface area (Å²) in [5.74, 6) is -0.138. The van der Waals surface area contributed by atoms with Crippen molar-refractivity contribution in [1.82, 2.24) is 9.80 Å². The fourth-order valence-corrected chi connectivity index (χ4v) is 5.26. The molecule has 39 heavy (non-hydrogen) atoms. The minimum absolute atomic E-state index is 0.108. The Morgan fingerprint density at radius 2 is 1.67 bits per heavy atom. The van der Waals surface area contributed by atoms with Crippen LogP contribution in [0.3, 0.4) is 0 Å². The number of Topliss-reactive ketones (excluding diaryl/α,β-unsaturated/α-hetero) is 1. The first-order chi connectivity index (χ1) is 18.9. The zero-order valence-corrected chi connectivity index (χ0v) is 22.4. The molecule has 0 spiro atoms. The smallest absolute Gasteiger partial charge is 0.295 e. The van der Waals surface area contributed by atoms with Crippen molar-refractivity contribution in [2.75, 3.05) is 39.4 Å². The van der Waals surface area contributed by atoms with Crippen molar-refractivity contribution < 1.29 is 24.2 Å². The van der Waals surface area contributed by atoms with Crippen LogP contribution in [0.5, 0.6) is 11.5 Å². The molecule has 2 aliphatic heterocycles. The number of ether oxygens (including phenoxy) is 2. The molecule has 0 aliphatic carbocycles. The van der Waals surface area contributed by atoms with Crippen molar-refractivity contribution in [2.45, 2.75) is 26.3 Å². The van der Waals surface area contributed by atoms with Crippen LogP contribution in [0.1, 0.15) is 34.7 Å². The molecule has 0 aromatic heterocycles. The van der Waals surface area contributed by atoms with E-state index < -0.39 is 17.7 Å². The van der Waals surface area contributed by atoms with E-state index in [0.717, 1.165) is 30.8 Å². The van der Waals surface area contributed by atoms with Gasteiger partial charge < -0.3 is 19.5 Å². The highest BCUT2D eigenvalue weighted by Crippen LogP contribution is 2.41. The highest BCUT2D eigenvalue weighted by Gasteiger charge is 2.46. The van der Waals surface area contributed by atoms with Crippen molar-refractivity contribution in [3.8, 4) is 11.5 Å². The number of nitrogens with zero attached hydrogens (tertiary/aromatic N) is 2. The molecule has 202 valence electrons. The first kappa shape index (κ1) is 26.7. The Balaban J connectivity index is 1.52. The average Bonchev–Trinajstić information content (AvgIpc) is 3.20. The molecule has 5 rings (SSSR count). The molecule has 1 atom stereocenters. The molecule has 0 bridgehead atoms. The van der Waals surface area contributed by atoms with E-state index >= 15 is 0 Å². The number of aryl methyl sites for hydroxylation is 2. The number of benzene rings is 3. The van der Waals surface area contributed by atoms with Crippen molar-refractivity contribution in [3.63, 3.8) is 0 Å². The van der Waals surface area contributed by atoms with E-state index in [1.807, 2.05) is 86.6 Å². The minimum Gasteiger partial charge on any atom is -0.507 e. The minimum atomic E-state index is -0.728. The number of hydrogen-bond acceptors (Lipinski definition) is 6. The summed E-state index contributed by atoms with van der Waals surface area (Å²) in [6, 6.07) is 21.8. The van der Waals surface area contributed by atoms with Crippen LogP contribution in [-0.4, -0.2) is 66.0 Å². The zero-order chi connectivity index (χ0) is 27.4. The first-order valence-electron chi connectivity index (χ1n) is 13.4. The highest BCUT2D eigenvalue weighted by atomic mass is 16.5. The number of morpholine rings is 1. The normalized spacial score (nSPS) is 19.4. The molecule has 1 unspecified atom stereocenters. The molecule has 1 N–H and O–H groups in total. The summed E-state index contributed by atoms with van der Waals surface area (Å²) >= 11 is 0. The lowest BCUT2D eigenvalue weighted by Gasteiger charge is -2.29. The van der Waals surface area contributed by atoms with Crippen LogP contribution >= 0.6 is 0 Å².